The van der Waals surface area contributed by atoms with E-state index in [0.29, 0.717) is 11.5 Å². The lowest BCUT2D eigenvalue weighted by Gasteiger charge is -2.19. The molecule has 1 amide bonds. The molecule has 2 aromatic rings. The average Bonchev–Trinajstić information content (AvgIpc) is 2.87. The van der Waals surface area contributed by atoms with E-state index in [9.17, 15) is 4.79 Å². The molecule has 1 fully saturated rings. The van der Waals surface area contributed by atoms with Crippen molar-refractivity contribution in [3.8, 4) is 0 Å². The molecule has 0 spiro atoms. The Kier molecular flexibility index (Phi) is 5.45. The van der Waals surface area contributed by atoms with Crippen molar-refractivity contribution in [3.63, 3.8) is 0 Å². The van der Waals surface area contributed by atoms with Crippen molar-refractivity contribution < 1.29 is 4.79 Å². The Labute approximate surface area is 150 Å². The average molecular weight is 389 g/mol. The normalized spacial score (nSPS) is 15.0. The van der Waals surface area contributed by atoms with Crippen LogP contribution in [0.5, 0.6) is 0 Å². The van der Waals surface area contributed by atoms with Crippen LogP contribution in [0.25, 0.3) is 0 Å². The molecule has 0 radical (unpaired) electrons. The van der Waals surface area contributed by atoms with E-state index in [1.165, 1.54) is 19.2 Å². The fourth-order valence-electron chi connectivity index (χ4n) is 2.85. The van der Waals surface area contributed by atoms with Gasteiger partial charge in [0.2, 0.25) is 0 Å². The van der Waals surface area contributed by atoms with Crippen LogP contribution in [0.1, 0.15) is 41.7 Å². The highest BCUT2D eigenvalue weighted by Crippen LogP contribution is 2.22. The molecule has 1 aromatic carbocycles. The molecule has 0 bridgehead atoms. The summed E-state index contributed by atoms with van der Waals surface area (Å²) in [4.78, 5) is 23.0. The topological polar surface area (TPSA) is 58.1 Å². The summed E-state index contributed by atoms with van der Waals surface area (Å²) in [5.41, 5.74) is 2.51. The second-order valence-electron chi connectivity index (χ2n) is 6.08. The highest BCUT2D eigenvalue weighted by molar-refractivity contribution is 9.10. The molecule has 3 rings (SSSR count). The molecule has 0 aliphatic carbocycles. The van der Waals surface area contributed by atoms with Crippen molar-refractivity contribution in [1.82, 2.24) is 14.9 Å². The van der Waals surface area contributed by atoms with Crippen LogP contribution in [0.3, 0.4) is 0 Å². The van der Waals surface area contributed by atoms with Crippen molar-refractivity contribution >= 4 is 33.3 Å². The maximum atomic E-state index is 12.7. The number of aryl methyl sites for hydroxylation is 1. The van der Waals surface area contributed by atoms with Crippen molar-refractivity contribution in [2.75, 3.05) is 18.4 Å². The van der Waals surface area contributed by atoms with E-state index < -0.39 is 0 Å². The predicted molar refractivity (Wildman–Crippen MR) is 98.6 cm³/mol. The molecule has 126 valence electrons. The molecule has 24 heavy (non-hydrogen) atoms. The van der Waals surface area contributed by atoms with Gasteiger partial charge in [-0.2, -0.15) is 0 Å². The number of hydrogen-bond acceptors (Lipinski definition) is 4. The Morgan fingerprint density at radius 3 is 2.58 bits per heavy atom. The third-order valence-corrected chi connectivity index (χ3v) is 5.10. The van der Waals surface area contributed by atoms with E-state index in [4.69, 9.17) is 0 Å². The number of nitrogens with zero attached hydrogens (tertiary/aromatic N) is 3. The van der Waals surface area contributed by atoms with Gasteiger partial charge in [-0.05, 0) is 43.5 Å². The van der Waals surface area contributed by atoms with Crippen molar-refractivity contribution in [1.29, 1.82) is 0 Å². The van der Waals surface area contributed by atoms with Crippen molar-refractivity contribution in [2.45, 2.75) is 32.6 Å². The lowest BCUT2D eigenvalue weighted by Crippen LogP contribution is -2.32. The van der Waals surface area contributed by atoms with Crippen molar-refractivity contribution in [3.05, 3.63) is 46.3 Å². The minimum absolute atomic E-state index is 0.00524. The monoisotopic (exact) mass is 388 g/mol. The lowest BCUT2D eigenvalue weighted by molar-refractivity contribution is 0.0755. The van der Waals surface area contributed by atoms with Gasteiger partial charge in [-0.3, -0.25) is 4.79 Å². The van der Waals surface area contributed by atoms with Gasteiger partial charge in [-0.15, -0.1) is 0 Å². The number of carbonyl (C=O) groups excluding carboxylic acids is 1. The number of hydrogen-bond donors (Lipinski definition) is 1. The second-order valence-corrected chi connectivity index (χ2v) is 6.94. The molecule has 1 aromatic heterocycles. The summed E-state index contributed by atoms with van der Waals surface area (Å²) in [6.07, 6.45) is 5.98. The van der Waals surface area contributed by atoms with Gasteiger partial charge in [-0.1, -0.05) is 28.8 Å². The minimum Gasteiger partial charge on any atom is -0.340 e. The molecule has 1 N–H and O–H groups in total. The minimum atomic E-state index is -0.00524. The largest absolute Gasteiger partial charge is 0.340 e. The van der Waals surface area contributed by atoms with Gasteiger partial charge < -0.3 is 10.2 Å². The molecule has 0 unspecified atom stereocenters. The summed E-state index contributed by atoms with van der Waals surface area (Å²) in [7, 11) is 0. The van der Waals surface area contributed by atoms with Gasteiger partial charge in [0.15, 0.2) is 0 Å². The predicted octanol–water partition coefficient (Wildman–Crippen LogP) is 4.31. The fraction of sp³-hybridized carbons (Fsp3) is 0.389. The maximum absolute atomic E-state index is 12.7. The number of halogens is 1. The number of likely N-dealkylation sites (tertiary alicyclic amines) is 1. The van der Waals surface area contributed by atoms with Crippen LogP contribution in [0.15, 0.2) is 35.1 Å². The zero-order valence-electron chi connectivity index (χ0n) is 13.8. The summed E-state index contributed by atoms with van der Waals surface area (Å²) in [6.45, 7) is 3.67. The van der Waals surface area contributed by atoms with Crippen LogP contribution >= 0.6 is 15.9 Å². The number of benzene rings is 1. The number of aromatic nitrogens is 2. The van der Waals surface area contributed by atoms with Gasteiger partial charge >= 0.3 is 0 Å². The van der Waals surface area contributed by atoms with Crippen LogP contribution in [0.2, 0.25) is 0 Å². The highest BCUT2D eigenvalue weighted by atomic mass is 79.9. The van der Waals surface area contributed by atoms with Crippen LogP contribution in [-0.2, 0) is 0 Å². The Balaban J connectivity index is 1.75. The van der Waals surface area contributed by atoms with E-state index in [1.54, 1.807) is 6.07 Å². The number of rotatable bonds is 3. The number of amides is 1. The van der Waals surface area contributed by atoms with Gasteiger partial charge in [-0.25, -0.2) is 9.97 Å². The molecule has 6 heteroatoms. The quantitative estimate of drug-likeness (QED) is 0.850. The summed E-state index contributed by atoms with van der Waals surface area (Å²) >= 11 is 3.49. The summed E-state index contributed by atoms with van der Waals surface area (Å²) in [5, 5.41) is 3.24. The number of anilines is 2. The van der Waals surface area contributed by atoms with Gasteiger partial charge in [0.05, 0.1) is 0 Å². The zero-order chi connectivity index (χ0) is 16.9. The van der Waals surface area contributed by atoms with E-state index >= 15 is 0 Å². The van der Waals surface area contributed by atoms with Crippen LogP contribution < -0.4 is 5.32 Å². The molecule has 1 aliphatic heterocycles. The first-order valence-electron chi connectivity index (χ1n) is 8.28. The maximum Gasteiger partial charge on any atom is 0.272 e. The van der Waals surface area contributed by atoms with Crippen LogP contribution in [0, 0.1) is 6.92 Å². The standard InChI is InChI=1S/C18H21BrN4O/c1-13-10-14(6-7-15(13)19)22-17-11-16(20-12-21-17)18(24)23-8-4-2-3-5-9-23/h6-7,10-12H,2-5,8-9H2,1H3,(H,20,21,22). The summed E-state index contributed by atoms with van der Waals surface area (Å²) in [5.74, 6) is 0.624. The third kappa shape index (κ3) is 4.12. The molecule has 1 aliphatic rings. The zero-order valence-corrected chi connectivity index (χ0v) is 15.3. The number of nitrogens with one attached hydrogen (secondary N) is 1. The number of carbonyl (C=O) groups is 1. The smallest absolute Gasteiger partial charge is 0.272 e. The Morgan fingerprint density at radius 1 is 1.12 bits per heavy atom. The first kappa shape index (κ1) is 16.9. The second kappa shape index (κ2) is 7.75. The first-order valence-corrected chi connectivity index (χ1v) is 9.07. The molecule has 1 saturated heterocycles. The van der Waals surface area contributed by atoms with Gasteiger partial charge in [0, 0.05) is 29.3 Å². The van der Waals surface area contributed by atoms with Crippen LogP contribution in [-0.4, -0.2) is 33.9 Å². The summed E-state index contributed by atoms with van der Waals surface area (Å²) in [6, 6.07) is 7.71. The molecule has 0 saturated carbocycles. The van der Waals surface area contributed by atoms with E-state index in [0.717, 1.165) is 41.7 Å². The lowest BCUT2D eigenvalue weighted by atomic mass is 10.2. The van der Waals surface area contributed by atoms with Gasteiger partial charge in [0.25, 0.3) is 5.91 Å². The van der Waals surface area contributed by atoms with Crippen LogP contribution in [0.4, 0.5) is 11.5 Å². The molecule has 2 heterocycles. The summed E-state index contributed by atoms with van der Waals surface area (Å²) < 4.78 is 1.06. The first-order chi connectivity index (χ1) is 11.6. The van der Waals surface area contributed by atoms with E-state index in [2.05, 4.69) is 31.2 Å². The molecule has 0 atom stereocenters. The molecule has 5 nitrogen and oxygen atoms in total. The highest BCUT2D eigenvalue weighted by Gasteiger charge is 2.19. The Hall–Kier alpha value is -1.95. The molecular formula is C18H21BrN4O. The van der Waals surface area contributed by atoms with E-state index in [1.807, 2.05) is 30.0 Å². The van der Waals surface area contributed by atoms with Crippen molar-refractivity contribution in [2.24, 2.45) is 0 Å². The third-order valence-electron chi connectivity index (χ3n) is 4.21. The van der Waals surface area contributed by atoms with Gasteiger partial charge in [0.1, 0.15) is 17.8 Å². The SMILES string of the molecule is Cc1cc(Nc2cc(C(=O)N3CCCCCC3)ncn2)ccc1Br. The Bertz CT molecular complexity index is 727. The van der Waals surface area contributed by atoms with E-state index in [-0.39, 0.29) is 5.91 Å². The fourth-order valence-corrected chi connectivity index (χ4v) is 3.10. The molecular weight excluding hydrogens is 368 g/mol. The Morgan fingerprint density at radius 2 is 1.88 bits per heavy atom.